The standard InChI is InChI=1S/C33H64O4/c1-3-5-7-9-11-12-13-14-15-16-17-18-19-20-21-22-24-26-28-33(35)37-32(30-34)31-36-29-27-25-23-10-8-6-4-2/h15-16,32,34H,3-14,17-31H2,1-2H3/b16-15-. The van der Waals surface area contributed by atoms with E-state index < -0.39 is 6.10 Å². The summed E-state index contributed by atoms with van der Waals surface area (Å²) >= 11 is 0. The van der Waals surface area contributed by atoms with Crippen LogP contribution in [0.5, 0.6) is 0 Å². The molecule has 1 unspecified atom stereocenters. The second kappa shape index (κ2) is 31.3. The molecular weight excluding hydrogens is 460 g/mol. The Bertz CT molecular complexity index is 477. The zero-order valence-electron chi connectivity index (χ0n) is 25.0. The van der Waals surface area contributed by atoms with Gasteiger partial charge in [0.1, 0.15) is 6.10 Å². The smallest absolute Gasteiger partial charge is 0.306 e. The summed E-state index contributed by atoms with van der Waals surface area (Å²) in [6.07, 6.45) is 33.9. The van der Waals surface area contributed by atoms with E-state index in [-0.39, 0.29) is 12.6 Å². The van der Waals surface area contributed by atoms with Gasteiger partial charge >= 0.3 is 5.97 Å². The molecule has 0 aromatic rings. The first-order valence-corrected chi connectivity index (χ1v) is 16.3. The fourth-order valence-electron chi connectivity index (χ4n) is 4.62. The Labute approximate surface area is 231 Å². The average molecular weight is 525 g/mol. The molecule has 0 rings (SSSR count). The number of hydrogen-bond donors (Lipinski definition) is 1. The number of ether oxygens (including phenoxy) is 2. The minimum absolute atomic E-state index is 0.170. The molecule has 220 valence electrons. The third-order valence-electron chi connectivity index (χ3n) is 7.09. The Balaban J connectivity index is 3.42. The lowest BCUT2D eigenvalue weighted by Gasteiger charge is -2.15. The molecule has 0 aliphatic carbocycles. The van der Waals surface area contributed by atoms with E-state index >= 15 is 0 Å². The van der Waals surface area contributed by atoms with Gasteiger partial charge in [0.15, 0.2) is 0 Å². The van der Waals surface area contributed by atoms with Crippen molar-refractivity contribution in [1.82, 2.24) is 0 Å². The quantitative estimate of drug-likeness (QED) is 0.0577. The van der Waals surface area contributed by atoms with Crippen molar-refractivity contribution in [3.05, 3.63) is 12.2 Å². The van der Waals surface area contributed by atoms with Crippen molar-refractivity contribution in [3.63, 3.8) is 0 Å². The van der Waals surface area contributed by atoms with Crippen molar-refractivity contribution in [3.8, 4) is 0 Å². The molecule has 0 aliphatic heterocycles. The lowest BCUT2D eigenvalue weighted by Crippen LogP contribution is -2.27. The Kier molecular flexibility index (Phi) is 30.6. The van der Waals surface area contributed by atoms with Gasteiger partial charge in [-0.05, 0) is 38.5 Å². The molecule has 0 spiro atoms. The van der Waals surface area contributed by atoms with E-state index in [9.17, 15) is 9.90 Å². The molecule has 1 N–H and O–H groups in total. The number of rotatable bonds is 30. The van der Waals surface area contributed by atoms with Crippen LogP contribution >= 0.6 is 0 Å². The number of hydrogen-bond acceptors (Lipinski definition) is 4. The van der Waals surface area contributed by atoms with Gasteiger partial charge in [-0.3, -0.25) is 4.79 Å². The topological polar surface area (TPSA) is 55.8 Å². The monoisotopic (exact) mass is 524 g/mol. The highest BCUT2D eigenvalue weighted by Crippen LogP contribution is 2.12. The summed E-state index contributed by atoms with van der Waals surface area (Å²) in [6.45, 7) is 5.32. The summed E-state index contributed by atoms with van der Waals surface area (Å²) in [7, 11) is 0. The van der Waals surface area contributed by atoms with Crippen molar-refractivity contribution >= 4 is 5.97 Å². The molecule has 0 aromatic heterocycles. The molecule has 1 atom stereocenters. The minimum atomic E-state index is -0.526. The lowest BCUT2D eigenvalue weighted by molar-refractivity contribution is -0.154. The van der Waals surface area contributed by atoms with E-state index in [1.165, 1.54) is 128 Å². The summed E-state index contributed by atoms with van der Waals surface area (Å²) in [5, 5.41) is 9.46. The van der Waals surface area contributed by atoms with Gasteiger partial charge in [-0.1, -0.05) is 135 Å². The van der Waals surface area contributed by atoms with E-state index in [0.717, 1.165) is 19.3 Å². The average Bonchev–Trinajstić information content (AvgIpc) is 2.90. The number of unbranched alkanes of at least 4 members (excludes halogenated alkanes) is 20. The maximum atomic E-state index is 12.0. The predicted molar refractivity (Wildman–Crippen MR) is 159 cm³/mol. The summed E-state index contributed by atoms with van der Waals surface area (Å²) in [6, 6.07) is 0. The summed E-state index contributed by atoms with van der Waals surface area (Å²) in [4.78, 5) is 12.0. The van der Waals surface area contributed by atoms with Crippen molar-refractivity contribution < 1.29 is 19.4 Å². The molecule has 0 amide bonds. The van der Waals surface area contributed by atoms with Crippen LogP contribution in [0.25, 0.3) is 0 Å². The molecular formula is C33H64O4. The van der Waals surface area contributed by atoms with Crippen molar-refractivity contribution in [2.75, 3.05) is 19.8 Å². The van der Waals surface area contributed by atoms with Crippen LogP contribution in [0.3, 0.4) is 0 Å². The van der Waals surface area contributed by atoms with Gasteiger partial charge in [0.2, 0.25) is 0 Å². The van der Waals surface area contributed by atoms with Crippen LogP contribution in [0.4, 0.5) is 0 Å². The SMILES string of the molecule is CCCCCCCCC/C=C\CCCCCCCCCC(=O)OC(CO)COCCCCCCCCC. The van der Waals surface area contributed by atoms with E-state index in [4.69, 9.17) is 9.47 Å². The predicted octanol–water partition coefficient (Wildman–Crippen LogP) is 9.87. The maximum Gasteiger partial charge on any atom is 0.306 e. The first-order valence-electron chi connectivity index (χ1n) is 16.3. The zero-order valence-corrected chi connectivity index (χ0v) is 25.0. The molecule has 0 bridgehead atoms. The van der Waals surface area contributed by atoms with Crippen LogP contribution in [-0.4, -0.2) is 37.0 Å². The van der Waals surface area contributed by atoms with Gasteiger partial charge in [0, 0.05) is 13.0 Å². The number of allylic oxidation sites excluding steroid dienone is 2. The fourth-order valence-corrected chi connectivity index (χ4v) is 4.62. The normalized spacial score (nSPS) is 12.4. The van der Waals surface area contributed by atoms with Gasteiger partial charge < -0.3 is 14.6 Å². The molecule has 0 saturated carbocycles. The number of aliphatic hydroxyl groups is 1. The molecule has 37 heavy (non-hydrogen) atoms. The van der Waals surface area contributed by atoms with Crippen molar-refractivity contribution in [2.24, 2.45) is 0 Å². The van der Waals surface area contributed by atoms with Gasteiger partial charge in [0.25, 0.3) is 0 Å². The van der Waals surface area contributed by atoms with Crippen LogP contribution in [0.1, 0.15) is 168 Å². The zero-order chi connectivity index (χ0) is 27.1. The van der Waals surface area contributed by atoms with Crippen LogP contribution < -0.4 is 0 Å². The van der Waals surface area contributed by atoms with Crippen LogP contribution in [0, 0.1) is 0 Å². The molecule has 0 radical (unpaired) electrons. The van der Waals surface area contributed by atoms with Gasteiger partial charge in [-0.25, -0.2) is 0 Å². The highest BCUT2D eigenvalue weighted by Gasteiger charge is 2.13. The molecule has 0 fully saturated rings. The number of aliphatic hydroxyl groups excluding tert-OH is 1. The Morgan fingerprint density at radius 2 is 1.05 bits per heavy atom. The highest BCUT2D eigenvalue weighted by molar-refractivity contribution is 5.69. The second-order valence-electron chi connectivity index (χ2n) is 10.9. The highest BCUT2D eigenvalue weighted by atomic mass is 16.6. The Hall–Kier alpha value is -0.870. The van der Waals surface area contributed by atoms with Crippen molar-refractivity contribution in [1.29, 1.82) is 0 Å². The lowest BCUT2D eigenvalue weighted by atomic mass is 10.1. The Morgan fingerprint density at radius 3 is 1.54 bits per heavy atom. The van der Waals surface area contributed by atoms with E-state index in [2.05, 4.69) is 26.0 Å². The molecule has 0 aromatic carbocycles. The van der Waals surface area contributed by atoms with Gasteiger partial charge in [-0.2, -0.15) is 0 Å². The van der Waals surface area contributed by atoms with Crippen LogP contribution in [-0.2, 0) is 14.3 Å². The summed E-state index contributed by atoms with van der Waals surface area (Å²) < 4.78 is 11.0. The van der Waals surface area contributed by atoms with Gasteiger partial charge in [-0.15, -0.1) is 0 Å². The largest absolute Gasteiger partial charge is 0.457 e. The molecule has 0 heterocycles. The molecule has 4 nitrogen and oxygen atoms in total. The number of carbonyl (C=O) groups is 1. The summed E-state index contributed by atoms with van der Waals surface area (Å²) in [5.41, 5.74) is 0. The van der Waals surface area contributed by atoms with E-state index in [0.29, 0.717) is 19.6 Å². The van der Waals surface area contributed by atoms with Crippen LogP contribution in [0.15, 0.2) is 12.2 Å². The molecule has 0 saturated heterocycles. The Morgan fingerprint density at radius 1 is 0.622 bits per heavy atom. The van der Waals surface area contributed by atoms with Crippen LogP contribution in [0.2, 0.25) is 0 Å². The first-order chi connectivity index (χ1) is 18.2. The minimum Gasteiger partial charge on any atom is -0.457 e. The third kappa shape index (κ3) is 29.5. The maximum absolute atomic E-state index is 12.0. The van der Waals surface area contributed by atoms with Crippen molar-refractivity contribution in [2.45, 2.75) is 174 Å². The van der Waals surface area contributed by atoms with E-state index in [1.54, 1.807) is 0 Å². The van der Waals surface area contributed by atoms with E-state index in [1.807, 2.05) is 0 Å². The molecule has 4 heteroatoms. The second-order valence-corrected chi connectivity index (χ2v) is 10.9. The van der Waals surface area contributed by atoms with Gasteiger partial charge in [0.05, 0.1) is 13.2 Å². The molecule has 0 aliphatic rings. The third-order valence-corrected chi connectivity index (χ3v) is 7.09. The fraction of sp³-hybridized carbons (Fsp3) is 0.909. The number of esters is 1. The number of carbonyl (C=O) groups excluding carboxylic acids is 1. The summed E-state index contributed by atoms with van der Waals surface area (Å²) in [5.74, 6) is -0.207. The first kappa shape index (κ1) is 36.1.